The summed E-state index contributed by atoms with van der Waals surface area (Å²) in [4.78, 5) is 0. The predicted molar refractivity (Wildman–Crippen MR) is 68.3 cm³/mol. The van der Waals surface area contributed by atoms with E-state index in [0.717, 1.165) is 0 Å². The molecule has 1 rings (SSSR count). The fourth-order valence-corrected chi connectivity index (χ4v) is 2.13. The van der Waals surface area contributed by atoms with E-state index >= 15 is 0 Å². The van der Waals surface area contributed by atoms with Crippen LogP contribution >= 0.6 is 0 Å². The molecular formula is C11H18N2O3S. The molecule has 0 heterocycles. The van der Waals surface area contributed by atoms with Gasteiger partial charge in [0, 0.05) is 5.69 Å². The summed E-state index contributed by atoms with van der Waals surface area (Å²) < 4.78 is 30.6. The van der Waals surface area contributed by atoms with Crippen LogP contribution in [0, 0.1) is 0 Å². The molecule has 0 aromatic heterocycles. The molecule has 0 radical (unpaired) electrons. The van der Waals surface area contributed by atoms with E-state index in [0.29, 0.717) is 17.0 Å². The molecule has 1 aromatic carbocycles. The summed E-state index contributed by atoms with van der Waals surface area (Å²) in [5.41, 5.74) is 6.72. The number of nitrogens with two attached hydrogens (primary N) is 1. The van der Waals surface area contributed by atoms with E-state index in [1.165, 1.54) is 7.05 Å². The summed E-state index contributed by atoms with van der Waals surface area (Å²) in [5, 5.41) is 0. The van der Waals surface area contributed by atoms with Crippen LogP contribution in [0.5, 0.6) is 5.75 Å². The van der Waals surface area contributed by atoms with Crippen molar-refractivity contribution in [3.05, 3.63) is 23.8 Å². The van der Waals surface area contributed by atoms with Crippen LogP contribution in [0.2, 0.25) is 0 Å². The molecule has 1 aromatic rings. The Morgan fingerprint density at radius 3 is 2.59 bits per heavy atom. The Hall–Kier alpha value is -1.27. The molecule has 3 N–H and O–H groups in total. The fraction of sp³-hybridized carbons (Fsp3) is 0.455. The zero-order valence-electron chi connectivity index (χ0n) is 10.2. The largest absolute Gasteiger partial charge is 0.491 e. The Labute approximate surface area is 102 Å². The number of nitrogen functional groups attached to an aromatic ring is 1. The Bertz CT molecular complexity index is 483. The summed E-state index contributed by atoms with van der Waals surface area (Å²) in [6.45, 7) is 3.81. The summed E-state index contributed by atoms with van der Waals surface area (Å²) in [6, 6.07) is 5.03. The third-order valence-corrected chi connectivity index (χ3v) is 3.46. The number of sulfonamides is 1. The van der Waals surface area contributed by atoms with Gasteiger partial charge in [0.05, 0.1) is 11.9 Å². The first-order chi connectivity index (χ1) is 7.84. The molecule has 0 aliphatic heterocycles. The van der Waals surface area contributed by atoms with Gasteiger partial charge >= 0.3 is 0 Å². The van der Waals surface area contributed by atoms with Crippen molar-refractivity contribution in [1.29, 1.82) is 0 Å². The highest BCUT2D eigenvalue weighted by Crippen LogP contribution is 2.22. The van der Waals surface area contributed by atoms with Gasteiger partial charge < -0.3 is 10.5 Å². The van der Waals surface area contributed by atoms with Crippen molar-refractivity contribution in [3.63, 3.8) is 0 Å². The van der Waals surface area contributed by atoms with E-state index in [9.17, 15) is 8.42 Å². The molecule has 0 aliphatic carbocycles. The van der Waals surface area contributed by atoms with Crippen LogP contribution in [0.4, 0.5) is 5.69 Å². The van der Waals surface area contributed by atoms with Gasteiger partial charge in [0.1, 0.15) is 5.75 Å². The minimum Gasteiger partial charge on any atom is -0.491 e. The molecule has 17 heavy (non-hydrogen) atoms. The van der Waals surface area contributed by atoms with Crippen molar-refractivity contribution in [3.8, 4) is 5.75 Å². The second-order valence-corrected chi connectivity index (χ2v) is 5.92. The van der Waals surface area contributed by atoms with Crippen LogP contribution in [-0.4, -0.2) is 21.6 Å². The molecule has 0 spiro atoms. The summed E-state index contributed by atoms with van der Waals surface area (Å²) in [6.07, 6.45) is 0.0346. The molecule has 0 fully saturated rings. The number of nitrogens with one attached hydrogen (secondary N) is 1. The van der Waals surface area contributed by atoms with Crippen LogP contribution in [0.15, 0.2) is 18.2 Å². The first kappa shape index (κ1) is 13.8. The lowest BCUT2D eigenvalue weighted by Crippen LogP contribution is -2.21. The monoisotopic (exact) mass is 258 g/mol. The highest BCUT2D eigenvalue weighted by molar-refractivity contribution is 7.88. The predicted octanol–water partition coefficient (Wildman–Crippen LogP) is 1.11. The summed E-state index contributed by atoms with van der Waals surface area (Å²) in [5.74, 6) is 0.473. The Morgan fingerprint density at radius 2 is 2.06 bits per heavy atom. The molecule has 0 unspecified atom stereocenters. The van der Waals surface area contributed by atoms with Crippen molar-refractivity contribution >= 4 is 15.7 Å². The summed E-state index contributed by atoms with van der Waals surface area (Å²) in [7, 11) is -1.95. The fourth-order valence-electron chi connectivity index (χ4n) is 1.33. The molecule has 0 saturated heterocycles. The van der Waals surface area contributed by atoms with Crippen molar-refractivity contribution in [2.75, 3.05) is 12.8 Å². The number of hydrogen-bond donors (Lipinski definition) is 2. The van der Waals surface area contributed by atoms with Gasteiger partial charge in [0.2, 0.25) is 10.0 Å². The number of rotatable bonds is 5. The maximum Gasteiger partial charge on any atom is 0.215 e. The van der Waals surface area contributed by atoms with E-state index in [1.807, 2.05) is 13.8 Å². The highest BCUT2D eigenvalue weighted by Gasteiger charge is 2.12. The second-order valence-electron chi connectivity index (χ2n) is 3.99. The molecule has 96 valence electrons. The minimum atomic E-state index is -3.33. The third kappa shape index (κ3) is 4.24. The molecule has 0 aliphatic rings. The van der Waals surface area contributed by atoms with E-state index < -0.39 is 10.0 Å². The molecule has 0 saturated carbocycles. The topological polar surface area (TPSA) is 81.4 Å². The molecule has 0 atom stereocenters. The molecule has 0 amide bonds. The number of benzene rings is 1. The standard InChI is InChI=1S/C11H18N2O3S/c1-8(2)16-10-4-5-11(12)9(6-10)7-17(14,15)13-3/h4-6,8,13H,7,12H2,1-3H3. The van der Waals surface area contributed by atoms with E-state index in [-0.39, 0.29) is 11.9 Å². The first-order valence-corrected chi connectivity index (χ1v) is 6.95. The van der Waals surface area contributed by atoms with E-state index in [2.05, 4.69) is 4.72 Å². The van der Waals surface area contributed by atoms with E-state index in [4.69, 9.17) is 10.5 Å². The number of anilines is 1. The zero-order chi connectivity index (χ0) is 13.1. The lowest BCUT2D eigenvalue weighted by Gasteiger charge is -2.12. The van der Waals surface area contributed by atoms with Gasteiger partial charge in [-0.25, -0.2) is 13.1 Å². The Balaban J connectivity index is 2.99. The van der Waals surface area contributed by atoms with Crippen LogP contribution < -0.4 is 15.2 Å². The maximum atomic E-state index is 11.4. The molecular weight excluding hydrogens is 240 g/mol. The summed E-state index contributed by atoms with van der Waals surface area (Å²) >= 11 is 0. The lowest BCUT2D eigenvalue weighted by atomic mass is 10.2. The van der Waals surface area contributed by atoms with Gasteiger partial charge in [-0.1, -0.05) is 0 Å². The molecule has 6 heteroatoms. The van der Waals surface area contributed by atoms with Gasteiger partial charge in [-0.05, 0) is 44.7 Å². The molecule has 5 nitrogen and oxygen atoms in total. The smallest absolute Gasteiger partial charge is 0.215 e. The van der Waals surface area contributed by atoms with Gasteiger partial charge in [-0.2, -0.15) is 0 Å². The van der Waals surface area contributed by atoms with Crippen molar-refractivity contribution in [2.45, 2.75) is 25.7 Å². The average molecular weight is 258 g/mol. The highest BCUT2D eigenvalue weighted by atomic mass is 32.2. The lowest BCUT2D eigenvalue weighted by molar-refractivity contribution is 0.242. The normalized spacial score (nSPS) is 11.8. The van der Waals surface area contributed by atoms with Crippen LogP contribution in [0.1, 0.15) is 19.4 Å². The van der Waals surface area contributed by atoms with Crippen LogP contribution in [-0.2, 0) is 15.8 Å². The first-order valence-electron chi connectivity index (χ1n) is 5.30. The minimum absolute atomic E-state index is 0.0346. The van der Waals surface area contributed by atoms with Crippen LogP contribution in [0.3, 0.4) is 0 Å². The van der Waals surface area contributed by atoms with Crippen molar-refractivity contribution in [1.82, 2.24) is 4.72 Å². The second kappa shape index (κ2) is 5.37. The molecule has 0 bridgehead atoms. The number of ether oxygens (including phenoxy) is 1. The Morgan fingerprint density at radius 1 is 1.41 bits per heavy atom. The third-order valence-electron chi connectivity index (χ3n) is 2.14. The number of hydrogen-bond acceptors (Lipinski definition) is 4. The zero-order valence-corrected chi connectivity index (χ0v) is 11.0. The average Bonchev–Trinajstić information content (AvgIpc) is 2.22. The van der Waals surface area contributed by atoms with Gasteiger partial charge in [-0.15, -0.1) is 0 Å². The quantitative estimate of drug-likeness (QED) is 0.775. The van der Waals surface area contributed by atoms with Gasteiger partial charge in [-0.3, -0.25) is 0 Å². The SMILES string of the molecule is CNS(=O)(=O)Cc1cc(OC(C)C)ccc1N. The Kier molecular flexibility index (Phi) is 4.36. The van der Waals surface area contributed by atoms with Crippen molar-refractivity contribution < 1.29 is 13.2 Å². The van der Waals surface area contributed by atoms with Crippen LogP contribution in [0.25, 0.3) is 0 Å². The van der Waals surface area contributed by atoms with E-state index in [1.54, 1.807) is 18.2 Å². The maximum absolute atomic E-state index is 11.4. The van der Waals surface area contributed by atoms with Crippen molar-refractivity contribution in [2.24, 2.45) is 0 Å². The van der Waals surface area contributed by atoms with Gasteiger partial charge in [0.25, 0.3) is 0 Å². The van der Waals surface area contributed by atoms with Gasteiger partial charge in [0.15, 0.2) is 0 Å².